The molecular formula is C22H21ClN4O3. The molecule has 0 aliphatic carbocycles. The second-order valence-corrected chi connectivity index (χ2v) is 7.78. The van der Waals surface area contributed by atoms with E-state index in [4.69, 9.17) is 16.3 Å². The molecule has 1 N–H and O–H groups in total. The molecule has 0 fully saturated rings. The maximum absolute atomic E-state index is 13.2. The lowest BCUT2D eigenvalue weighted by Crippen LogP contribution is -2.40. The summed E-state index contributed by atoms with van der Waals surface area (Å²) in [7, 11) is 1.61. The molecule has 30 heavy (non-hydrogen) atoms. The number of rotatable bonds is 6. The van der Waals surface area contributed by atoms with Crippen LogP contribution in [0.25, 0.3) is 5.69 Å². The molecule has 1 aliphatic heterocycles. The molecule has 8 heteroatoms. The Morgan fingerprint density at radius 3 is 2.67 bits per heavy atom. The summed E-state index contributed by atoms with van der Waals surface area (Å²) in [5, 5.41) is 19.9. The van der Waals surface area contributed by atoms with Gasteiger partial charge in [-0.05, 0) is 43.3 Å². The van der Waals surface area contributed by atoms with E-state index >= 15 is 0 Å². The van der Waals surface area contributed by atoms with E-state index in [0.717, 1.165) is 11.4 Å². The van der Waals surface area contributed by atoms with Gasteiger partial charge in [-0.1, -0.05) is 28.5 Å². The molecule has 3 aromatic rings. The number of hydrogen-bond acceptors (Lipinski definition) is 5. The fourth-order valence-electron chi connectivity index (χ4n) is 3.74. The third-order valence-corrected chi connectivity index (χ3v) is 5.37. The molecule has 1 aromatic heterocycles. The molecule has 1 atom stereocenters. The Balaban J connectivity index is 1.65. The molecular weight excluding hydrogens is 404 g/mol. The largest absolute Gasteiger partial charge is 0.497 e. The van der Waals surface area contributed by atoms with Crippen molar-refractivity contribution in [3.8, 4) is 11.4 Å². The first-order valence-corrected chi connectivity index (χ1v) is 9.74. The van der Waals surface area contributed by atoms with Gasteiger partial charge in [-0.25, -0.2) is 4.68 Å². The van der Waals surface area contributed by atoms with E-state index in [1.807, 2.05) is 24.3 Å². The average Bonchev–Trinajstić information content (AvgIpc) is 3.26. The van der Waals surface area contributed by atoms with Gasteiger partial charge in [0.1, 0.15) is 11.4 Å². The first-order valence-electron chi connectivity index (χ1n) is 9.37. The molecule has 1 aliphatic rings. The predicted molar refractivity (Wildman–Crippen MR) is 114 cm³/mol. The molecule has 7 nitrogen and oxygen atoms in total. The second-order valence-electron chi connectivity index (χ2n) is 7.37. The summed E-state index contributed by atoms with van der Waals surface area (Å²) in [6, 6.07) is 12.6. The van der Waals surface area contributed by atoms with Crippen molar-refractivity contribution in [3.63, 3.8) is 0 Å². The van der Waals surface area contributed by atoms with Crippen molar-refractivity contribution in [2.75, 3.05) is 12.0 Å². The number of hydrogen-bond donors (Lipinski definition) is 1. The lowest BCUT2D eigenvalue weighted by Gasteiger charge is -2.23. The Labute approximate surface area is 179 Å². The smallest absolute Gasteiger partial charge is 0.264 e. The predicted octanol–water partition coefficient (Wildman–Crippen LogP) is 3.63. The highest BCUT2D eigenvalue weighted by atomic mass is 35.5. The summed E-state index contributed by atoms with van der Waals surface area (Å²) in [6.07, 6.45) is 1.84. The molecule has 0 radical (unpaired) electrons. The van der Waals surface area contributed by atoms with Crippen LogP contribution in [0.1, 0.15) is 24.6 Å². The Morgan fingerprint density at radius 1 is 1.27 bits per heavy atom. The lowest BCUT2D eigenvalue weighted by molar-refractivity contribution is -0.136. The molecule has 4 rings (SSSR count). The number of carbonyl (C=O) groups excluding carboxylic acids is 1. The van der Waals surface area contributed by atoms with E-state index in [0.29, 0.717) is 27.5 Å². The van der Waals surface area contributed by atoms with Crippen LogP contribution in [0.5, 0.6) is 5.75 Å². The zero-order chi connectivity index (χ0) is 21.5. The van der Waals surface area contributed by atoms with Crippen LogP contribution in [-0.4, -0.2) is 33.1 Å². The van der Waals surface area contributed by atoms with Crippen LogP contribution in [-0.2, 0) is 16.9 Å². The highest BCUT2D eigenvalue weighted by molar-refractivity contribution is 6.33. The van der Waals surface area contributed by atoms with Gasteiger partial charge >= 0.3 is 0 Å². The molecule has 2 aromatic carbocycles. The van der Waals surface area contributed by atoms with Crippen LogP contribution < -0.4 is 9.64 Å². The molecule has 0 saturated heterocycles. The third kappa shape index (κ3) is 3.36. The van der Waals surface area contributed by atoms with Crippen molar-refractivity contribution < 1.29 is 14.6 Å². The number of aromatic nitrogens is 3. The van der Waals surface area contributed by atoms with Gasteiger partial charge in [-0.3, -0.25) is 4.79 Å². The summed E-state index contributed by atoms with van der Waals surface area (Å²) in [6.45, 7) is 5.77. The third-order valence-electron chi connectivity index (χ3n) is 5.05. The van der Waals surface area contributed by atoms with Gasteiger partial charge in [-0.15, -0.1) is 11.7 Å². The number of carbonyl (C=O) groups is 1. The van der Waals surface area contributed by atoms with Crippen molar-refractivity contribution in [2.45, 2.75) is 25.5 Å². The van der Waals surface area contributed by atoms with Gasteiger partial charge < -0.3 is 14.7 Å². The number of methoxy groups -OCH3 is 1. The average molecular weight is 425 g/mol. The first-order chi connectivity index (χ1) is 14.3. The van der Waals surface area contributed by atoms with Gasteiger partial charge in [0.15, 0.2) is 5.60 Å². The van der Waals surface area contributed by atoms with E-state index in [1.54, 1.807) is 43.1 Å². The SMILES string of the molecule is C=C(C)C[C@]1(O)C(=O)N(Cc2cn(-c3ccc(OC)cc3)nn2)c2cccc(Cl)c21. The highest BCUT2D eigenvalue weighted by Gasteiger charge is 2.51. The molecule has 0 bridgehead atoms. The second kappa shape index (κ2) is 7.59. The monoisotopic (exact) mass is 424 g/mol. The van der Waals surface area contributed by atoms with Gasteiger partial charge in [0.2, 0.25) is 0 Å². The van der Waals surface area contributed by atoms with Gasteiger partial charge in [0.05, 0.1) is 31.2 Å². The van der Waals surface area contributed by atoms with Crippen LogP contribution in [0, 0.1) is 0 Å². The summed E-state index contributed by atoms with van der Waals surface area (Å²) in [5.74, 6) is 0.291. The zero-order valence-electron chi connectivity index (χ0n) is 16.7. The number of fused-ring (bicyclic) bond motifs is 1. The van der Waals surface area contributed by atoms with E-state index < -0.39 is 11.5 Å². The first kappa shape index (κ1) is 20.1. The van der Waals surface area contributed by atoms with Crippen molar-refractivity contribution in [1.29, 1.82) is 0 Å². The number of halogens is 1. The number of anilines is 1. The molecule has 2 heterocycles. The summed E-state index contributed by atoms with van der Waals surface area (Å²) in [4.78, 5) is 14.7. The Kier molecular flexibility index (Phi) is 5.09. The van der Waals surface area contributed by atoms with Gasteiger partial charge in [0.25, 0.3) is 5.91 Å². The quantitative estimate of drug-likeness (QED) is 0.611. The summed E-state index contributed by atoms with van der Waals surface area (Å²) >= 11 is 6.37. The zero-order valence-corrected chi connectivity index (χ0v) is 17.4. The number of benzene rings is 2. The van der Waals surface area contributed by atoms with E-state index in [2.05, 4.69) is 16.9 Å². The van der Waals surface area contributed by atoms with Crippen LogP contribution in [0.3, 0.4) is 0 Å². The molecule has 0 saturated carbocycles. The molecule has 0 spiro atoms. The molecule has 0 unspecified atom stereocenters. The standard InChI is InChI=1S/C22H21ClN4O3/c1-14(2)11-22(29)20-18(23)5-4-6-19(20)26(21(22)28)12-15-13-27(25-24-15)16-7-9-17(30-3)10-8-16/h4-10,13,29H,1,11-12H2,2-3H3/t22-/m1/s1. The summed E-state index contributed by atoms with van der Waals surface area (Å²) in [5.41, 5.74) is 1.29. The van der Waals surface area contributed by atoms with Crippen molar-refractivity contribution in [2.24, 2.45) is 0 Å². The maximum Gasteiger partial charge on any atom is 0.264 e. The topological polar surface area (TPSA) is 80.5 Å². The van der Waals surface area contributed by atoms with E-state index in [9.17, 15) is 9.90 Å². The van der Waals surface area contributed by atoms with Crippen LogP contribution in [0.15, 0.2) is 60.8 Å². The Hall–Kier alpha value is -3.16. The lowest BCUT2D eigenvalue weighted by atomic mass is 9.89. The number of amides is 1. The minimum absolute atomic E-state index is 0.0948. The number of nitrogens with zero attached hydrogens (tertiary/aromatic N) is 4. The van der Waals surface area contributed by atoms with Crippen LogP contribution in [0.2, 0.25) is 5.02 Å². The number of aliphatic hydroxyl groups is 1. The van der Waals surface area contributed by atoms with Gasteiger partial charge in [0, 0.05) is 17.0 Å². The number of ether oxygens (including phenoxy) is 1. The van der Waals surface area contributed by atoms with Crippen LogP contribution >= 0.6 is 11.6 Å². The Morgan fingerprint density at radius 2 is 2.00 bits per heavy atom. The fourth-order valence-corrected chi connectivity index (χ4v) is 4.06. The van der Waals surface area contributed by atoms with Crippen molar-refractivity contribution >= 4 is 23.2 Å². The van der Waals surface area contributed by atoms with E-state index in [1.165, 1.54) is 4.90 Å². The van der Waals surface area contributed by atoms with Crippen LogP contribution in [0.4, 0.5) is 5.69 Å². The molecule has 1 amide bonds. The minimum atomic E-state index is -1.74. The molecule has 154 valence electrons. The normalized spacial score (nSPS) is 17.9. The van der Waals surface area contributed by atoms with Crippen molar-refractivity contribution in [1.82, 2.24) is 15.0 Å². The maximum atomic E-state index is 13.2. The van der Waals surface area contributed by atoms with Gasteiger partial charge in [-0.2, -0.15) is 0 Å². The minimum Gasteiger partial charge on any atom is -0.497 e. The van der Waals surface area contributed by atoms with E-state index in [-0.39, 0.29) is 13.0 Å². The Bertz CT molecular complexity index is 1130. The summed E-state index contributed by atoms with van der Waals surface area (Å²) < 4.78 is 6.79. The fraction of sp³-hybridized carbons (Fsp3) is 0.227. The highest BCUT2D eigenvalue weighted by Crippen LogP contribution is 2.47. The van der Waals surface area contributed by atoms with Crippen molar-refractivity contribution in [3.05, 3.63) is 77.1 Å².